The van der Waals surface area contributed by atoms with Crippen molar-refractivity contribution in [2.45, 2.75) is 25.7 Å². The molecule has 6 heteroatoms. The van der Waals surface area contributed by atoms with Crippen LogP contribution in [0.25, 0.3) is 11.0 Å². The highest BCUT2D eigenvalue weighted by Gasteiger charge is 2.24. The number of imidazole rings is 1. The number of amides is 1. The van der Waals surface area contributed by atoms with Crippen LogP contribution >= 0.6 is 0 Å². The number of methoxy groups -OCH3 is 1. The second-order valence-corrected chi connectivity index (χ2v) is 7.47. The van der Waals surface area contributed by atoms with E-state index in [1.165, 1.54) is 5.56 Å². The van der Waals surface area contributed by atoms with Crippen LogP contribution in [0, 0.1) is 6.92 Å². The van der Waals surface area contributed by atoms with E-state index in [0.717, 1.165) is 54.2 Å². The summed E-state index contributed by atoms with van der Waals surface area (Å²) in [6, 6.07) is 13.7. The molecule has 1 saturated heterocycles. The minimum absolute atomic E-state index is 0.00548. The summed E-state index contributed by atoms with van der Waals surface area (Å²) in [5, 5.41) is 2.95. The first-order valence-corrected chi connectivity index (χ1v) is 9.73. The molecule has 1 aliphatic heterocycles. The molecule has 146 valence electrons. The van der Waals surface area contributed by atoms with Crippen LogP contribution in [-0.4, -0.2) is 47.5 Å². The average Bonchev–Trinajstić information content (AvgIpc) is 3.11. The molecule has 1 aromatic heterocycles. The third kappa shape index (κ3) is 4.17. The molecule has 0 spiro atoms. The third-order valence-electron chi connectivity index (χ3n) is 5.35. The molecule has 0 bridgehead atoms. The van der Waals surface area contributed by atoms with Gasteiger partial charge >= 0.3 is 0 Å². The molecule has 0 atom stereocenters. The molecule has 0 radical (unpaired) electrons. The number of fused-ring (bicyclic) bond motifs is 1. The Hall–Kier alpha value is -2.86. The Morgan fingerprint density at radius 3 is 2.86 bits per heavy atom. The molecule has 0 saturated carbocycles. The monoisotopic (exact) mass is 378 g/mol. The van der Waals surface area contributed by atoms with E-state index in [4.69, 9.17) is 9.72 Å². The number of hydrogen-bond acceptors (Lipinski definition) is 4. The Morgan fingerprint density at radius 2 is 2.07 bits per heavy atom. The Kier molecular flexibility index (Phi) is 5.30. The first kappa shape index (κ1) is 18.5. The number of aromatic amines is 1. The number of aromatic nitrogens is 2. The molecule has 0 aliphatic carbocycles. The van der Waals surface area contributed by atoms with E-state index in [1.54, 1.807) is 7.11 Å². The number of benzene rings is 2. The number of ether oxygens (including phenoxy) is 1. The minimum Gasteiger partial charge on any atom is -0.497 e. The number of nitrogens with zero attached hydrogens (tertiary/aromatic N) is 2. The van der Waals surface area contributed by atoms with E-state index < -0.39 is 0 Å². The number of rotatable bonds is 5. The zero-order valence-electron chi connectivity index (χ0n) is 16.4. The molecule has 3 aromatic rings. The predicted molar refractivity (Wildman–Crippen MR) is 111 cm³/mol. The zero-order chi connectivity index (χ0) is 19.5. The van der Waals surface area contributed by atoms with Crippen molar-refractivity contribution < 1.29 is 9.53 Å². The van der Waals surface area contributed by atoms with Gasteiger partial charge in [0.15, 0.2) is 0 Å². The van der Waals surface area contributed by atoms with Crippen LogP contribution in [0.3, 0.4) is 0 Å². The maximum absolute atomic E-state index is 12.4. The third-order valence-corrected chi connectivity index (χ3v) is 5.35. The van der Waals surface area contributed by atoms with Gasteiger partial charge in [-0.3, -0.25) is 9.69 Å². The van der Waals surface area contributed by atoms with Crippen LogP contribution in [0.2, 0.25) is 0 Å². The molecule has 0 unspecified atom stereocenters. The summed E-state index contributed by atoms with van der Waals surface area (Å²) in [5.74, 6) is 2.23. The second-order valence-electron chi connectivity index (χ2n) is 7.47. The van der Waals surface area contributed by atoms with Crippen LogP contribution in [0.15, 0.2) is 42.5 Å². The number of carbonyl (C=O) groups is 1. The summed E-state index contributed by atoms with van der Waals surface area (Å²) in [7, 11) is 1.62. The van der Waals surface area contributed by atoms with Crippen LogP contribution in [0.4, 0.5) is 5.69 Å². The lowest BCUT2D eigenvalue weighted by Crippen LogP contribution is -2.38. The lowest BCUT2D eigenvalue weighted by molar-refractivity contribution is -0.117. The molecule has 1 amide bonds. The van der Waals surface area contributed by atoms with E-state index in [-0.39, 0.29) is 5.91 Å². The van der Waals surface area contributed by atoms with Crippen molar-refractivity contribution in [2.75, 3.05) is 32.1 Å². The molecule has 6 nitrogen and oxygen atoms in total. The number of piperidine rings is 1. The molecule has 2 N–H and O–H groups in total. The van der Waals surface area contributed by atoms with E-state index in [2.05, 4.69) is 40.3 Å². The standard InChI is InChI=1S/C22H26N4O2/c1-15-6-7-19-20(12-15)25-22(24-19)16-8-10-26(11-9-16)14-21(27)23-17-4-3-5-18(13-17)28-2/h3-7,12-13,16H,8-11,14H2,1-2H3,(H,23,27)(H,24,25). The zero-order valence-corrected chi connectivity index (χ0v) is 16.4. The SMILES string of the molecule is COc1cccc(NC(=O)CN2CCC(c3nc4ccc(C)cc4[nH]3)CC2)c1. The highest BCUT2D eigenvalue weighted by Crippen LogP contribution is 2.28. The molecule has 2 aromatic carbocycles. The largest absolute Gasteiger partial charge is 0.497 e. The number of carbonyl (C=O) groups excluding carboxylic acids is 1. The van der Waals surface area contributed by atoms with E-state index in [0.29, 0.717) is 12.5 Å². The molecule has 4 rings (SSSR count). The van der Waals surface area contributed by atoms with Crippen molar-refractivity contribution >= 4 is 22.6 Å². The quantitative estimate of drug-likeness (QED) is 0.710. The molecule has 28 heavy (non-hydrogen) atoms. The summed E-state index contributed by atoms with van der Waals surface area (Å²) in [5.41, 5.74) is 4.13. The number of anilines is 1. The maximum Gasteiger partial charge on any atom is 0.238 e. The molecular weight excluding hydrogens is 352 g/mol. The Balaban J connectivity index is 1.31. The smallest absolute Gasteiger partial charge is 0.238 e. The number of hydrogen-bond donors (Lipinski definition) is 2. The second kappa shape index (κ2) is 8.02. The van der Waals surface area contributed by atoms with Gasteiger partial charge in [-0.1, -0.05) is 12.1 Å². The van der Waals surface area contributed by atoms with Gasteiger partial charge in [0.25, 0.3) is 0 Å². The summed E-state index contributed by atoms with van der Waals surface area (Å²) in [4.78, 5) is 22.8. The van der Waals surface area contributed by atoms with Crippen LogP contribution in [-0.2, 0) is 4.79 Å². The van der Waals surface area contributed by atoms with Gasteiger partial charge in [0.2, 0.25) is 5.91 Å². The molecule has 2 heterocycles. The van der Waals surface area contributed by atoms with Crippen molar-refractivity contribution in [2.24, 2.45) is 0 Å². The number of H-pyrrole nitrogens is 1. The van der Waals surface area contributed by atoms with Crippen molar-refractivity contribution in [1.29, 1.82) is 0 Å². The van der Waals surface area contributed by atoms with E-state index in [1.807, 2.05) is 24.3 Å². The number of likely N-dealkylation sites (tertiary alicyclic amines) is 1. The number of nitrogens with one attached hydrogen (secondary N) is 2. The van der Waals surface area contributed by atoms with Crippen LogP contribution in [0.5, 0.6) is 5.75 Å². The van der Waals surface area contributed by atoms with Crippen LogP contribution < -0.4 is 10.1 Å². The van der Waals surface area contributed by atoms with Gasteiger partial charge in [0.05, 0.1) is 24.7 Å². The predicted octanol–water partition coefficient (Wildman–Crippen LogP) is 3.70. The van der Waals surface area contributed by atoms with Gasteiger partial charge in [-0.05, 0) is 62.7 Å². The summed E-state index contributed by atoms with van der Waals surface area (Å²) >= 11 is 0. The fourth-order valence-corrected chi connectivity index (χ4v) is 3.81. The van der Waals surface area contributed by atoms with Gasteiger partial charge in [0.1, 0.15) is 11.6 Å². The lowest BCUT2D eigenvalue weighted by Gasteiger charge is -2.30. The van der Waals surface area contributed by atoms with Crippen LogP contribution in [0.1, 0.15) is 30.1 Å². The van der Waals surface area contributed by atoms with Gasteiger partial charge in [-0.25, -0.2) is 4.98 Å². The maximum atomic E-state index is 12.4. The first-order valence-electron chi connectivity index (χ1n) is 9.73. The van der Waals surface area contributed by atoms with E-state index in [9.17, 15) is 4.79 Å². The van der Waals surface area contributed by atoms with Gasteiger partial charge in [-0.15, -0.1) is 0 Å². The van der Waals surface area contributed by atoms with Gasteiger partial charge in [0, 0.05) is 17.7 Å². The highest BCUT2D eigenvalue weighted by molar-refractivity contribution is 5.92. The normalized spacial score (nSPS) is 15.6. The summed E-state index contributed by atoms with van der Waals surface area (Å²) in [6.07, 6.45) is 2.01. The summed E-state index contributed by atoms with van der Waals surface area (Å²) in [6.45, 7) is 4.29. The number of aryl methyl sites for hydroxylation is 1. The first-order chi connectivity index (χ1) is 13.6. The average molecular weight is 378 g/mol. The van der Waals surface area contributed by atoms with Crippen molar-refractivity contribution in [1.82, 2.24) is 14.9 Å². The Bertz CT molecular complexity index is 974. The fourth-order valence-electron chi connectivity index (χ4n) is 3.81. The van der Waals surface area contributed by atoms with Crippen molar-refractivity contribution in [3.8, 4) is 5.75 Å². The highest BCUT2D eigenvalue weighted by atomic mass is 16.5. The summed E-state index contributed by atoms with van der Waals surface area (Å²) < 4.78 is 5.20. The van der Waals surface area contributed by atoms with Crippen molar-refractivity contribution in [3.63, 3.8) is 0 Å². The molecular formula is C22H26N4O2. The van der Waals surface area contributed by atoms with Gasteiger partial charge in [-0.2, -0.15) is 0 Å². The Labute approximate surface area is 164 Å². The molecule has 1 fully saturated rings. The van der Waals surface area contributed by atoms with E-state index >= 15 is 0 Å². The fraction of sp³-hybridized carbons (Fsp3) is 0.364. The molecule has 1 aliphatic rings. The minimum atomic E-state index is 0.00548. The van der Waals surface area contributed by atoms with Gasteiger partial charge < -0.3 is 15.0 Å². The topological polar surface area (TPSA) is 70.2 Å². The lowest BCUT2D eigenvalue weighted by atomic mass is 9.96. The van der Waals surface area contributed by atoms with Crippen molar-refractivity contribution in [3.05, 3.63) is 53.9 Å². The Morgan fingerprint density at radius 1 is 1.25 bits per heavy atom.